The molecule has 0 bridgehead atoms. The van der Waals surface area contributed by atoms with E-state index in [4.69, 9.17) is 8.83 Å². The Hall–Kier alpha value is -6.38. The molecule has 0 unspecified atom stereocenters. The average molecular weight is 613 g/mol. The minimum atomic E-state index is 0.765. The third-order valence-electron chi connectivity index (χ3n) is 9.68. The van der Waals surface area contributed by atoms with Crippen molar-refractivity contribution < 1.29 is 8.83 Å². The molecule has 10 aromatic rings. The molecule has 0 amide bonds. The fraction of sp³-hybridized carbons (Fsp3) is 0. The van der Waals surface area contributed by atoms with Crippen LogP contribution in [0.25, 0.3) is 99.2 Å². The summed E-state index contributed by atoms with van der Waals surface area (Å²) < 4.78 is 13.6. The standard InChI is InChI=1S/C46H28O2/c1-4-15-29(16-5-1)40-32-21-10-12-23-34(32)42(35-24-13-11-22-33(35)40)36-25-14-26-39-43(36)38-28-27-37-41(30-17-6-2-7-18-30)44(31-19-8-3-9-20-31)48-46(37)45(38)47-39/h1-28H. The minimum Gasteiger partial charge on any atom is -0.452 e. The molecule has 224 valence electrons. The van der Waals surface area contributed by atoms with E-state index in [0.717, 1.165) is 60.9 Å². The average Bonchev–Trinajstić information content (AvgIpc) is 3.74. The molecule has 2 heteroatoms. The maximum Gasteiger partial charge on any atom is 0.178 e. The van der Waals surface area contributed by atoms with Crippen molar-refractivity contribution in [2.45, 2.75) is 0 Å². The van der Waals surface area contributed by atoms with Gasteiger partial charge in [-0.15, -0.1) is 0 Å². The molecule has 2 aromatic heterocycles. The molecule has 0 fully saturated rings. The molecular formula is C46H28O2. The lowest BCUT2D eigenvalue weighted by Gasteiger charge is -2.18. The van der Waals surface area contributed by atoms with Crippen LogP contribution in [0.5, 0.6) is 0 Å². The highest BCUT2D eigenvalue weighted by atomic mass is 16.4. The van der Waals surface area contributed by atoms with Crippen LogP contribution in [0.2, 0.25) is 0 Å². The Balaban J connectivity index is 1.31. The largest absolute Gasteiger partial charge is 0.452 e. The fourth-order valence-electron chi connectivity index (χ4n) is 7.67. The molecule has 0 saturated carbocycles. The summed E-state index contributed by atoms with van der Waals surface area (Å²) in [5, 5.41) is 8.07. The van der Waals surface area contributed by atoms with E-state index in [1.54, 1.807) is 0 Å². The molecule has 10 rings (SSSR count). The Morgan fingerprint density at radius 2 is 0.771 bits per heavy atom. The highest BCUT2D eigenvalue weighted by molar-refractivity contribution is 6.27. The van der Waals surface area contributed by atoms with Crippen LogP contribution < -0.4 is 0 Å². The molecule has 0 radical (unpaired) electrons. The topological polar surface area (TPSA) is 26.3 Å². The predicted octanol–water partition coefficient (Wildman–Crippen LogP) is 13.3. The molecule has 0 aliphatic carbocycles. The molecule has 0 spiro atoms. The summed E-state index contributed by atoms with van der Waals surface area (Å²) in [6.07, 6.45) is 0. The lowest BCUT2D eigenvalue weighted by Crippen LogP contribution is -1.91. The van der Waals surface area contributed by atoms with Gasteiger partial charge in [0, 0.05) is 27.3 Å². The number of fused-ring (bicyclic) bond motifs is 7. The van der Waals surface area contributed by atoms with Gasteiger partial charge in [-0.25, -0.2) is 0 Å². The van der Waals surface area contributed by atoms with E-state index in [1.165, 1.54) is 38.2 Å². The fourth-order valence-corrected chi connectivity index (χ4v) is 7.67. The highest BCUT2D eigenvalue weighted by Gasteiger charge is 2.24. The summed E-state index contributed by atoms with van der Waals surface area (Å²) >= 11 is 0. The number of hydrogen-bond donors (Lipinski definition) is 0. The number of furan rings is 2. The van der Waals surface area contributed by atoms with Gasteiger partial charge in [0.15, 0.2) is 11.2 Å². The summed E-state index contributed by atoms with van der Waals surface area (Å²) in [6.45, 7) is 0. The van der Waals surface area contributed by atoms with Crippen LogP contribution >= 0.6 is 0 Å². The van der Waals surface area contributed by atoms with Crippen molar-refractivity contribution in [3.8, 4) is 44.7 Å². The Labute approximate surface area is 277 Å². The monoisotopic (exact) mass is 612 g/mol. The van der Waals surface area contributed by atoms with Crippen molar-refractivity contribution >= 4 is 54.5 Å². The first-order chi connectivity index (χ1) is 23.8. The second-order valence-corrected chi connectivity index (χ2v) is 12.3. The molecule has 48 heavy (non-hydrogen) atoms. The lowest BCUT2D eigenvalue weighted by atomic mass is 9.85. The molecule has 0 aliphatic heterocycles. The van der Waals surface area contributed by atoms with Crippen LogP contribution in [-0.2, 0) is 0 Å². The molecule has 0 atom stereocenters. The summed E-state index contributed by atoms with van der Waals surface area (Å²) in [4.78, 5) is 0. The van der Waals surface area contributed by atoms with Crippen molar-refractivity contribution in [2.24, 2.45) is 0 Å². The van der Waals surface area contributed by atoms with Gasteiger partial charge < -0.3 is 8.83 Å². The number of hydrogen-bond acceptors (Lipinski definition) is 2. The van der Waals surface area contributed by atoms with E-state index < -0.39 is 0 Å². The first-order valence-electron chi connectivity index (χ1n) is 16.4. The molecular weight excluding hydrogens is 585 g/mol. The minimum absolute atomic E-state index is 0.765. The first-order valence-corrected chi connectivity index (χ1v) is 16.4. The van der Waals surface area contributed by atoms with E-state index in [2.05, 4.69) is 158 Å². The van der Waals surface area contributed by atoms with Crippen molar-refractivity contribution in [1.29, 1.82) is 0 Å². The number of benzene rings is 8. The van der Waals surface area contributed by atoms with Crippen LogP contribution in [-0.4, -0.2) is 0 Å². The molecule has 0 aliphatic rings. The van der Waals surface area contributed by atoms with Gasteiger partial charge in [-0.3, -0.25) is 0 Å². The van der Waals surface area contributed by atoms with Gasteiger partial charge >= 0.3 is 0 Å². The van der Waals surface area contributed by atoms with Crippen LogP contribution in [0.4, 0.5) is 0 Å². The van der Waals surface area contributed by atoms with Gasteiger partial charge in [0.2, 0.25) is 0 Å². The normalized spacial score (nSPS) is 11.8. The molecule has 2 heterocycles. The zero-order valence-corrected chi connectivity index (χ0v) is 26.0. The van der Waals surface area contributed by atoms with E-state index in [0.29, 0.717) is 0 Å². The third kappa shape index (κ3) is 3.93. The van der Waals surface area contributed by atoms with Gasteiger partial charge in [-0.05, 0) is 67.6 Å². The van der Waals surface area contributed by atoms with Gasteiger partial charge in [0.05, 0.1) is 0 Å². The number of rotatable bonds is 4. The van der Waals surface area contributed by atoms with Crippen molar-refractivity contribution in [1.82, 2.24) is 0 Å². The lowest BCUT2D eigenvalue weighted by molar-refractivity contribution is 0.612. The smallest absolute Gasteiger partial charge is 0.178 e. The van der Waals surface area contributed by atoms with Gasteiger partial charge in [0.1, 0.15) is 11.3 Å². The second kappa shape index (κ2) is 10.6. The van der Waals surface area contributed by atoms with Crippen molar-refractivity contribution in [3.05, 3.63) is 170 Å². The summed E-state index contributed by atoms with van der Waals surface area (Å²) in [7, 11) is 0. The Kier molecular flexibility index (Phi) is 5.91. The van der Waals surface area contributed by atoms with Gasteiger partial charge in [0.25, 0.3) is 0 Å². The maximum atomic E-state index is 6.84. The molecule has 8 aromatic carbocycles. The van der Waals surface area contributed by atoms with Gasteiger partial charge in [-0.1, -0.05) is 152 Å². The molecule has 0 saturated heterocycles. The SMILES string of the molecule is c1ccc(-c2oc3c(ccc4c3oc3cccc(-c5c6ccccc6c(-c6ccccc6)c6ccccc56)c34)c2-c2ccccc2)cc1. The Morgan fingerprint density at radius 1 is 0.292 bits per heavy atom. The van der Waals surface area contributed by atoms with Crippen LogP contribution in [0.1, 0.15) is 0 Å². The zero-order valence-electron chi connectivity index (χ0n) is 26.0. The first kappa shape index (κ1) is 26.8. The van der Waals surface area contributed by atoms with E-state index in [1.807, 2.05) is 12.1 Å². The second-order valence-electron chi connectivity index (χ2n) is 12.3. The third-order valence-corrected chi connectivity index (χ3v) is 9.68. The Morgan fingerprint density at radius 3 is 1.38 bits per heavy atom. The van der Waals surface area contributed by atoms with Crippen LogP contribution in [0.3, 0.4) is 0 Å². The van der Waals surface area contributed by atoms with E-state index >= 15 is 0 Å². The summed E-state index contributed by atoms with van der Waals surface area (Å²) in [6, 6.07) is 60.0. The highest BCUT2D eigenvalue weighted by Crippen LogP contribution is 2.49. The zero-order chi connectivity index (χ0) is 31.6. The molecule has 2 nitrogen and oxygen atoms in total. The quantitative estimate of drug-likeness (QED) is 0.185. The summed E-state index contributed by atoms with van der Waals surface area (Å²) in [5.41, 5.74) is 10.4. The predicted molar refractivity (Wildman–Crippen MR) is 200 cm³/mol. The van der Waals surface area contributed by atoms with Crippen LogP contribution in [0.15, 0.2) is 179 Å². The van der Waals surface area contributed by atoms with E-state index in [9.17, 15) is 0 Å². The van der Waals surface area contributed by atoms with Crippen LogP contribution in [0, 0.1) is 0 Å². The van der Waals surface area contributed by atoms with Crippen molar-refractivity contribution in [3.63, 3.8) is 0 Å². The molecule has 0 N–H and O–H groups in total. The van der Waals surface area contributed by atoms with Crippen molar-refractivity contribution in [2.75, 3.05) is 0 Å². The maximum absolute atomic E-state index is 6.84. The van der Waals surface area contributed by atoms with E-state index in [-0.39, 0.29) is 0 Å². The Bertz CT molecular complexity index is 2750. The summed E-state index contributed by atoms with van der Waals surface area (Å²) in [5.74, 6) is 0.846. The van der Waals surface area contributed by atoms with Gasteiger partial charge in [-0.2, -0.15) is 0 Å².